The lowest BCUT2D eigenvalue weighted by Crippen LogP contribution is -2.29. The highest BCUT2D eigenvalue weighted by Crippen LogP contribution is 2.40. The third-order valence-electron chi connectivity index (χ3n) is 3.79. The second kappa shape index (κ2) is 6.00. The number of hydrogen-bond acceptors (Lipinski definition) is 3. The standard InChI is InChI=1S/C15H18F2N4O/c16-10-7-12-13(8-11(10)17)21(15(20-12)9-1-2-9)6-3-14(22)19-5-4-18/h7-9H,1-6,18H2,(H,19,22). The molecule has 1 heterocycles. The first-order chi connectivity index (χ1) is 10.6. The van der Waals surface area contributed by atoms with Crippen LogP contribution < -0.4 is 11.1 Å². The molecule has 0 radical (unpaired) electrons. The molecule has 1 aromatic carbocycles. The Labute approximate surface area is 126 Å². The number of carbonyl (C=O) groups excluding carboxylic acids is 1. The van der Waals surface area contributed by atoms with Gasteiger partial charge in [-0.25, -0.2) is 13.8 Å². The monoisotopic (exact) mass is 308 g/mol. The number of nitrogens with two attached hydrogens (primary N) is 1. The Balaban J connectivity index is 1.87. The van der Waals surface area contributed by atoms with Gasteiger partial charge in [0, 0.05) is 44.1 Å². The average Bonchev–Trinajstić information content (AvgIpc) is 3.28. The number of rotatable bonds is 6. The van der Waals surface area contributed by atoms with Crippen LogP contribution in [0.5, 0.6) is 0 Å². The van der Waals surface area contributed by atoms with Crippen molar-refractivity contribution in [2.45, 2.75) is 31.7 Å². The van der Waals surface area contributed by atoms with Crippen LogP contribution >= 0.6 is 0 Å². The minimum Gasteiger partial charge on any atom is -0.355 e. The van der Waals surface area contributed by atoms with Gasteiger partial charge in [-0.2, -0.15) is 0 Å². The fraction of sp³-hybridized carbons (Fsp3) is 0.467. The molecule has 1 aliphatic rings. The Bertz CT molecular complexity index is 709. The maximum Gasteiger partial charge on any atom is 0.221 e. The molecule has 3 rings (SSSR count). The van der Waals surface area contributed by atoms with Crippen molar-refractivity contribution >= 4 is 16.9 Å². The molecule has 0 aliphatic heterocycles. The van der Waals surface area contributed by atoms with Gasteiger partial charge in [-0.15, -0.1) is 0 Å². The summed E-state index contributed by atoms with van der Waals surface area (Å²) in [5.74, 6) is -0.780. The number of nitrogens with one attached hydrogen (secondary N) is 1. The number of aromatic nitrogens is 2. The number of benzene rings is 1. The van der Waals surface area contributed by atoms with Gasteiger partial charge in [0.25, 0.3) is 0 Å². The second-order valence-electron chi connectivity index (χ2n) is 5.54. The fourth-order valence-electron chi connectivity index (χ4n) is 2.54. The van der Waals surface area contributed by atoms with Crippen molar-refractivity contribution in [1.29, 1.82) is 0 Å². The summed E-state index contributed by atoms with van der Waals surface area (Å²) < 4.78 is 28.7. The first-order valence-corrected chi connectivity index (χ1v) is 7.42. The van der Waals surface area contributed by atoms with E-state index in [1.54, 1.807) is 0 Å². The van der Waals surface area contributed by atoms with Gasteiger partial charge < -0.3 is 15.6 Å². The molecule has 0 saturated heterocycles. The van der Waals surface area contributed by atoms with E-state index in [0.29, 0.717) is 36.6 Å². The Hall–Kier alpha value is -2.02. The van der Waals surface area contributed by atoms with Crippen LogP contribution in [0, 0.1) is 11.6 Å². The van der Waals surface area contributed by atoms with E-state index >= 15 is 0 Å². The Morgan fingerprint density at radius 3 is 2.77 bits per heavy atom. The summed E-state index contributed by atoms with van der Waals surface area (Å²) >= 11 is 0. The van der Waals surface area contributed by atoms with Crippen molar-refractivity contribution < 1.29 is 13.6 Å². The van der Waals surface area contributed by atoms with Crippen molar-refractivity contribution in [3.8, 4) is 0 Å². The van der Waals surface area contributed by atoms with E-state index in [2.05, 4.69) is 10.3 Å². The highest BCUT2D eigenvalue weighted by atomic mass is 19.2. The highest BCUT2D eigenvalue weighted by Gasteiger charge is 2.30. The normalized spacial score (nSPS) is 14.5. The maximum absolute atomic E-state index is 13.5. The Kier molecular flexibility index (Phi) is 4.06. The van der Waals surface area contributed by atoms with E-state index in [0.717, 1.165) is 30.8 Å². The van der Waals surface area contributed by atoms with Crippen LogP contribution in [-0.4, -0.2) is 28.5 Å². The summed E-state index contributed by atoms with van der Waals surface area (Å²) in [5.41, 5.74) is 6.31. The first kappa shape index (κ1) is 14.9. The zero-order valence-electron chi connectivity index (χ0n) is 12.1. The summed E-state index contributed by atoms with van der Waals surface area (Å²) in [6.07, 6.45) is 2.30. The number of hydrogen-bond donors (Lipinski definition) is 2. The van der Waals surface area contributed by atoms with Crippen LogP contribution in [0.15, 0.2) is 12.1 Å². The molecule has 1 aliphatic carbocycles. The van der Waals surface area contributed by atoms with Gasteiger partial charge in [-0.05, 0) is 12.8 Å². The third kappa shape index (κ3) is 2.94. The molecular formula is C15H18F2N4O. The van der Waals surface area contributed by atoms with Gasteiger partial charge in [0.05, 0.1) is 11.0 Å². The van der Waals surface area contributed by atoms with E-state index in [-0.39, 0.29) is 12.3 Å². The SMILES string of the molecule is NCCNC(=O)CCn1c(C2CC2)nc2cc(F)c(F)cc21. The summed E-state index contributed by atoms with van der Waals surface area (Å²) in [4.78, 5) is 16.1. The molecule has 0 unspecified atom stereocenters. The largest absolute Gasteiger partial charge is 0.355 e. The molecule has 118 valence electrons. The third-order valence-corrected chi connectivity index (χ3v) is 3.79. The molecule has 0 spiro atoms. The molecular weight excluding hydrogens is 290 g/mol. The van der Waals surface area contributed by atoms with Crippen molar-refractivity contribution in [3.63, 3.8) is 0 Å². The lowest BCUT2D eigenvalue weighted by Gasteiger charge is -2.09. The number of amides is 1. The molecule has 2 aromatic rings. The molecule has 0 atom stereocenters. The number of fused-ring (bicyclic) bond motifs is 1. The number of aryl methyl sites for hydroxylation is 1. The van der Waals surface area contributed by atoms with Gasteiger partial charge >= 0.3 is 0 Å². The van der Waals surface area contributed by atoms with Crippen LogP contribution in [0.1, 0.15) is 31.0 Å². The van der Waals surface area contributed by atoms with Crippen LogP contribution in [0.2, 0.25) is 0 Å². The zero-order chi connectivity index (χ0) is 15.7. The van der Waals surface area contributed by atoms with Crippen LogP contribution in [0.4, 0.5) is 8.78 Å². The Morgan fingerprint density at radius 2 is 2.09 bits per heavy atom. The molecule has 1 amide bonds. The predicted molar refractivity (Wildman–Crippen MR) is 78.3 cm³/mol. The Morgan fingerprint density at radius 1 is 1.36 bits per heavy atom. The molecule has 7 heteroatoms. The quantitative estimate of drug-likeness (QED) is 0.852. The summed E-state index contributed by atoms with van der Waals surface area (Å²) in [6.45, 7) is 1.21. The van der Waals surface area contributed by atoms with E-state index in [4.69, 9.17) is 5.73 Å². The number of carbonyl (C=O) groups is 1. The molecule has 3 N–H and O–H groups in total. The minimum absolute atomic E-state index is 0.114. The predicted octanol–water partition coefficient (Wildman–Crippen LogP) is 1.66. The number of halogens is 2. The number of nitrogens with zero attached hydrogens (tertiary/aromatic N) is 2. The van der Waals surface area contributed by atoms with Crippen molar-refractivity contribution in [1.82, 2.24) is 14.9 Å². The zero-order valence-corrected chi connectivity index (χ0v) is 12.1. The average molecular weight is 308 g/mol. The summed E-state index contributed by atoms with van der Waals surface area (Å²) in [6, 6.07) is 2.27. The molecule has 1 aromatic heterocycles. The molecule has 5 nitrogen and oxygen atoms in total. The first-order valence-electron chi connectivity index (χ1n) is 7.42. The summed E-state index contributed by atoms with van der Waals surface area (Å²) in [7, 11) is 0. The topological polar surface area (TPSA) is 72.9 Å². The summed E-state index contributed by atoms with van der Waals surface area (Å²) in [5, 5.41) is 2.70. The minimum atomic E-state index is -0.903. The van der Waals surface area contributed by atoms with E-state index in [9.17, 15) is 13.6 Å². The number of imidazole rings is 1. The maximum atomic E-state index is 13.5. The van der Waals surface area contributed by atoms with E-state index < -0.39 is 11.6 Å². The fourth-order valence-corrected chi connectivity index (χ4v) is 2.54. The van der Waals surface area contributed by atoms with Gasteiger partial charge in [-0.3, -0.25) is 4.79 Å². The lowest BCUT2D eigenvalue weighted by molar-refractivity contribution is -0.121. The van der Waals surface area contributed by atoms with Crippen LogP contribution in [0.25, 0.3) is 11.0 Å². The van der Waals surface area contributed by atoms with E-state index in [1.165, 1.54) is 0 Å². The van der Waals surface area contributed by atoms with Crippen molar-refractivity contribution in [2.75, 3.05) is 13.1 Å². The van der Waals surface area contributed by atoms with Gasteiger partial charge in [0.2, 0.25) is 5.91 Å². The van der Waals surface area contributed by atoms with E-state index in [1.807, 2.05) is 4.57 Å². The van der Waals surface area contributed by atoms with Crippen molar-refractivity contribution in [2.24, 2.45) is 5.73 Å². The lowest BCUT2D eigenvalue weighted by atomic mass is 10.3. The van der Waals surface area contributed by atoms with Crippen LogP contribution in [0.3, 0.4) is 0 Å². The molecule has 22 heavy (non-hydrogen) atoms. The van der Waals surface area contributed by atoms with Crippen LogP contribution in [-0.2, 0) is 11.3 Å². The molecule has 0 bridgehead atoms. The van der Waals surface area contributed by atoms with Gasteiger partial charge in [0.15, 0.2) is 11.6 Å². The van der Waals surface area contributed by atoms with Gasteiger partial charge in [0.1, 0.15) is 5.82 Å². The van der Waals surface area contributed by atoms with Crippen molar-refractivity contribution in [3.05, 3.63) is 29.6 Å². The second-order valence-corrected chi connectivity index (χ2v) is 5.54. The molecule has 1 fully saturated rings. The smallest absolute Gasteiger partial charge is 0.221 e. The highest BCUT2D eigenvalue weighted by molar-refractivity contribution is 5.78. The molecule has 1 saturated carbocycles. The van der Waals surface area contributed by atoms with Gasteiger partial charge in [-0.1, -0.05) is 0 Å².